The molecule has 2 aliphatic rings. The molecule has 0 aromatic heterocycles. The first kappa shape index (κ1) is 9.43. The number of fused-ring (bicyclic) bond motifs is 7. The van der Waals surface area contributed by atoms with E-state index in [2.05, 4.69) is 62.4 Å². The Morgan fingerprint density at radius 2 is 1.65 bits per heavy atom. The van der Waals surface area contributed by atoms with E-state index in [0.29, 0.717) is 0 Å². The lowest BCUT2D eigenvalue weighted by molar-refractivity contribution is -0.0490. The first-order valence-electron chi connectivity index (χ1n) is 6.06. The number of ether oxygens (including phenoxy) is 1. The Hall–Kier alpha value is -1.60. The molecule has 1 heteroatoms. The van der Waals surface area contributed by atoms with Crippen LogP contribution in [0.4, 0.5) is 0 Å². The van der Waals surface area contributed by atoms with Crippen LogP contribution >= 0.6 is 0 Å². The van der Waals surface area contributed by atoms with Gasteiger partial charge in [0.25, 0.3) is 0 Å². The molecule has 0 saturated heterocycles. The third-order valence-electron chi connectivity index (χ3n) is 4.10. The van der Waals surface area contributed by atoms with Gasteiger partial charge in [0, 0.05) is 5.56 Å². The van der Waals surface area contributed by atoms with Crippen molar-refractivity contribution in [3.63, 3.8) is 0 Å². The van der Waals surface area contributed by atoms with Crippen LogP contribution < -0.4 is 0 Å². The lowest BCUT2D eigenvalue weighted by Gasteiger charge is -2.20. The molecular formula is C16H14O. The Morgan fingerprint density at radius 3 is 2.53 bits per heavy atom. The molecule has 2 bridgehead atoms. The van der Waals surface area contributed by atoms with Crippen molar-refractivity contribution in [2.75, 3.05) is 0 Å². The fourth-order valence-electron chi connectivity index (χ4n) is 3.33. The minimum atomic E-state index is -0.245. The Balaban J connectivity index is 2.19. The molecule has 1 nitrogen and oxygen atoms in total. The summed E-state index contributed by atoms with van der Waals surface area (Å²) in [5.41, 5.74) is 2.20. The van der Waals surface area contributed by atoms with E-state index in [9.17, 15) is 0 Å². The van der Waals surface area contributed by atoms with Crippen LogP contribution in [0.2, 0.25) is 0 Å². The first-order chi connectivity index (χ1) is 8.12. The molecule has 2 aliphatic heterocycles. The maximum absolute atomic E-state index is 6.21. The molecule has 84 valence electrons. The standard InChI is InChI=1S/C16H14O/c1-15-9-10-16(2,17-15)14-12-6-4-3-5-11(12)7-8-13(14)15/h3-10H,1-2H3/t15-,16+/m0/s1. The zero-order valence-corrected chi connectivity index (χ0v) is 10.0. The van der Waals surface area contributed by atoms with Crippen molar-refractivity contribution in [2.45, 2.75) is 25.0 Å². The van der Waals surface area contributed by atoms with Crippen molar-refractivity contribution in [1.82, 2.24) is 0 Å². The van der Waals surface area contributed by atoms with E-state index in [0.717, 1.165) is 0 Å². The second-order valence-electron chi connectivity index (χ2n) is 5.36. The molecule has 0 aliphatic carbocycles. The monoisotopic (exact) mass is 222 g/mol. The van der Waals surface area contributed by atoms with Gasteiger partial charge in [-0.05, 0) is 42.3 Å². The van der Waals surface area contributed by atoms with Gasteiger partial charge in [-0.3, -0.25) is 0 Å². The van der Waals surface area contributed by atoms with Gasteiger partial charge in [0.2, 0.25) is 0 Å². The molecule has 0 radical (unpaired) electrons. The average molecular weight is 222 g/mol. The Labute approximate surface area is 101 Å². The summed E-state index contributed by atoms with van der Waals surface area (Å²) >= 11 is 0. The molecule has 2 aromatic rings. The van der Waals surface area contributed by atoms with Crippen molar-refractivity contribution >= 4 is 10.8 Å². The largest absolute Gasteiger partial charge is 0.351 e. The Kier molecular flexibility index (Phi) is 1.46. The predicted octanol–water partition coefficient (Wildman–Crippen LogP) is 3.87. The van der Waals surface area contributed by atoms with Crippen LogP contribution in [0.25, 0.3) is 10.8 Å². The topological polar surface area (TPSA) is 9.23 Å². The summed E-state index contributed by atoms with van der Waals surface area (Å²) in [5, 5.41) is 2.61. The SMILES string of the molecule is C[C@]12C=C[C@](C)(O1)c1ccc3ccccc3c12. The van der Waals surface area contributed by atoms with Gasteiger partial charge in [0.1, 0.15) is 11.2 Å². The van der Waals surface area contributed by atoms with Gasteiger partial charge >= 0.3 is 0 Å². The van der Waals surface area contributed by atoms with Gasteiger partial charge in [-0.2, -0.15) is 0 Å². The minimum absolute atomic E-state index is 0.228. The summed E-state index contributed by atoms with van der Waals surface area (Å²) in [6.45, 7) is 4.31. The highest BCUT2D eigenvalue weighted by Gasteiger charge is 2.51. The fourth-order valence-corrected chi connectivity index (χ4v) is 3.33. The van der Waals surface area contributed by atoms with Gasteiger partial charge in [-0.1, -0.05) is 36.4 Å². The van der Waals surface area contributed by atoms with E-state index in [1.54, 1.807) is 0 Å². The Bertz CT molecular complexity index is 670. The van der Waals surface area contributed by atoms with Crippen molar-refractivity contribution in [2.24, 2.45) is 0 Å². The molecule has 0 N–H and O–H groups in total. The molecule has 17 heavy (non-hydrogen) atoms. The summed E-state index contributed by atoms with van der Waals surface area (Å²) in [5.74, 6) is 0. The lowest BCUT2D eigenvalue weighted by Crippen LogP contribution is -2.17. The minimum Gasteiger partial charge on any atom is -0.351 e. The second-order valence-corrected chi connectivity index (χ2v) is 5.36. The average Bonchev–Trinajstić information content (AvgIpc) is 2.77. The lowest BCUT2D eigenvalue weighted by atomic mass is 9.81. The fraction of sp³-hybridized carbons (Fsp3) is 0.250. The van der Waals surface area contributed by atoms with Crippen LogP contribution in [0.15, 0.2) is 48.6 Å². The Morgan fingerprint density at radius 1 is 0.882 bits per heavy atom. The summed E-state index contributed by atoms with van der Waals surface area (Å²) in [4.78, 5) is 0. The van der Waals surface area contributed by atoms with E-state index in [-0.39, 0.29) is 11.2 Å². The molecular weight excluding hydrogens is 208 g/mol. The highest BCUT2D eigenvalue weighted by Crippen LogP contribution is 2.55. The van der Waals surface area contributed by atoms with E-state index in [1.165, 1.54) is 21.9 Å². The van der Waals surface area contributed by atoms with Crippen molar-refractivity contribution in [3.8, 4) is 0 Å². The van der Waals surface area contributed by atoms with Gasteiger partial charge in [0.15, 0.2) is 0 Å². The third kappa shape index (κ3) is 0.985. The van der Waals surface area contributed by atoms with Gasteiger partial charge in [0.05, 0.1) is 0 Å². The van der Waals surface area contributed by atoms with Crippen molar-refractivity contribution in [1.29, 1.82) is 0 Å². The maximum atomic E-state index is 6.21. The predicted molar refractivity (Wildman–Crippen MR) is 68.9 cm³/mol. The van der Waals surface area contributed by atoms with Crippen LogP contribution in [0.3, 0.4) is 0 Å². The molecule has 0 fully saturated rings. The highest BCUT2D eigenvalue weighted by molar-refractivity contribution is 5.89. The van der Waals surface area contributed by atoms with Crippen LogP contribution in [0.5, 0.6) is 0 Å². The zero-order chi connectivity index (χ0) is 11.7. The van der Waals surface area contributed by atoms with Crippen LogP contribution in [0, 0.1) is 0 Å². The summed E-state index contributed by atoms with van der Waals surface area (Å²) in [6.07, 6.45) is 4.38. The second kappa shape index (κ2) is 2.62. The number of benzene rings is 2. The smallest absolute Gasteiger partial charge is 0.111 e. The van der Waals surface area contributed by atoms with E-state index < -0.39 is 0 Å². The number of rotatable bonds is 0. The summed E-state index contributed by atoms with van der Waals surface area (Å²) < 4.78 is 6.21. The maximum Gasteiger partial charge on any atom is 0.111 e. The number of hydrogen-bond donors (Lipinski definition) is 0. The molecule has 0 amide bonds. The van der Waals surface area contributed by atoms with Gasteiger partial charge in [-0.25, -0.2) is 0 Å². The molecule has 2 atom stereocenters. The van der Waals surface area contributed by atoms with Crippen molar-refractivity contribution < 1.29 is 4.74 Å². The van der Waals surface area contributed by atoms with Crippen LogP contribution in [0.1, 0.15) is 25.0 Å². The van der Waals surface area contributed by atoms with E-state index in [4.69, 9.17) is 4.74 Å². The third-order valence-corrected chi connectivity index (χ3v) is 4.10. The van der Waals surface area contributed by atoms with Crippen LogP contribution in [-0.4, -0.2) is 0 Å². The quantitative estimate of drug-likeness (QED) is 0.615. The van der Waals surface area contributed by atoms with Gasteiger partial charge in [-0.15, -0.1) is 0 Å². The normalized spacial score (nSPS) is 33.3. The first-order valence-corrected chi connectivity index (χ1v) is 6.06. The summed E-state index contributed by atoms with van der Waals surface area (Å²) in [6, 6.07) is 13.0. The van der Waals surface area contributed by atoms with E-state index >= 15 is 0 Å². The summed E-state index contributed by atoms with van der Waals surface area (Å²) in [7, 11) is 0. The zero-order valence-electron chi connectivity index (χ0n) is 10.0. The van der Waals surface area contributed by atoms with Gasteiger partial charge < -0.3 is 4.74 Å². The molecule has 0 spiro atoms. The number of hydrogen-bond acceptors (Lipinski definition) is 1. The molecule has 2 aromatic carbocycles. The van der Waals surface area contributed by atoms with E-state index in [1.807, 2.05) is 0 Å². The molecule has 2 heterocycles. The molecule has 0 saturated carbocycles. The van der Waals surface area contributed by atoms with Crippen molar-refractivity contribution in [3.05, 3.63) is 59.7 Å². The molecule has 4 rings (SSSR count). The molecule has 0 unspecified atom stereocenters. The van der Waals surface area contributed by atoms with Crippen LogP contribution in [-0.2, 0) is 15.9 Å². The highest BCUT2D eigenvalue weighted by atomic mass is 16.5.